The summed E-state index contributed by atoms with van der Waals surface area (Å²) in [6.45, 7) is 12.4. The normalized spacial score (nSPS) is 12.1. The molecular formula is C15H25N5. The lowest BCUT2D eigenvalue weighted by atomic mass is 10.1. The van der Waals surface area contributed by atoms with E-state index in [0.717, 1.165) is 18.8 Å². The van der Waals surface area contributed by atoms with Crippen LogP contribution in [0.25, 0.3) is 0 Å². The van der Waals surface area contributed by atoms with Crippen molar-refractivity contribution in [3.63, 3.8) is 0 Å². The van der Waals surface area contributed by atoms with Gasteiger partial charge >= 0.3 is 0 Å². The molecule has 0 saturated carbocycles. The topological polar surface area (TPSA) is 47.7 Å². The first-order chi connectivity index (χ1) is 9.26. The Morgan fingerprint density at radius 2 is 1.95 bits per heavy atom. The highest BCUT2D eigenvalue weighted by Crippen LogP contribution is 2.15. The Labute approximate surface area is 121 Å². The van der Waals surface area contributed by atoms with E-state index in [-0.39, 0.29) is 5.54 Å². The van der Waals surface area contributed by atoms with Gasteiger partial charge in [0.1, 0.15) is 0 Å². The van der Waals surface area contributed by atoms with Crippen LogP contribution < -0.4 is 5.32 Å². The van der Waals surface area contributed by atoms with Crippen LogP contribution in [0.4, 0.5) is 0 Å². The SMILES string of the molecule is Cc1nn(Cc2cnn(C)c2)c(C)c1CNC(C)(C)C. The Bertz CT molecular complexity index is 586. The first kappa shape index (κ1) is 14.8. The lowest BCUT2D eigenvalue weighted by Gasteiger charge is -2.20. The molecule has 20 heavy (non-hydrogen) atoms. The quantitative estimate of drug-likeness (QED) is 0.930. The summed E-state index contributed by atoms with van der Waals surface area (Å²) in [6, 6.07) is 0. The average Bonchev–Trinajstić information content (AvgIpc) is 2.82. The molecule has 0 aromatic carbocycles. The Kier molecular flexibility index (Phi) is 3.99. The fourth-order valence-corrected chi connectivity index (χ4v) is 2.22. The molecule has 2 aromatic rings. The molecule has 0 bridgehead atoms. The van der Waals surface area contributed by atoms with Crippen LogP contribution in [0.1, 0.15) is 43.3 Å². The van der Waals surface area contributed by atoms with Gasteiger partial charge in [-0.25, -0.2) is 0 Å². The van der Waals surface area contributed by atoms with Gasteiger partial charge in [-0.15, -0.1) is 0 Å². The average molecular weight is 275 g/mol. The summed E-state index contributed by atoms with van der Waals surface area (Å²) in [5, 5.41) is 12.4. The fraction of sp³-hybridized carbons (Fsp3) is 0.600. The van der Waals surface area contributed by atoms with Gasteiger partial charge in [-0.05, 0) is 34.6 Å². The van der Waals surface area contributed by atoms with Gasteiger partial charge < -0.3 is 5.32 Å². The highest BCUT2D eigenvalue weighted by Gasteiger charge is 2.15. The first-order valence-corrected chi connectivity index (χ1v) is 7.02. The number of nitrogens with one attached hydrogen (secondary N) is 1. The molecule has 5 heteroatoms. The van der Waals surface area contributed by atoms with Gasteiger partial charge in [0.15, 0.2) is 0 Å². The van der Waals surface area contributed by atoms with Crippen molar-refractivity contribution in [3.8, 4) is 0 Å². The molecule has 0 fully saturated rings. The van der Waals surface area contributed by atoms with Crippen molar-refractivity contribution in [1.29, 1.82) is 0 Å². The Morgan fingerprint density at radius 3 is 2.50 bits per heavy atom. The molecule has 0 radical (unpaired) electrons. The van der Waals surface area contributed by atoms with Gasteiger partial charge in [-0.3, -0.25) is 9.36 Å². The minimum Gasteiger partial charge on any atom is -0.308 e. The van der Waals surface area contributed by atoms with Crippen LogP contribution in [-0.4, -0.2) is 25.1 Å². The molecule has 0 unspecified atom stereocenters. The zero-order valence-corrected chi connectivity index (χ0v) is 13.4. The summed E-state index contributed by atoms with van der Waals surface area (Å²) >= 11 is 0. The summed E-state index contributed by atoms with van der Waals surface area (Å²) < 4.78 is 3.88. The highest BCUT2D eigenvalue weighted by atomic mass is 15.3. The molecule has 0 aliphatic carbocycles. The molecule has 1 N–H and O–H groups in total. The van der Waals surface area contributed by atoms with Crippen molar-refractivity contribution in [1.82, 2.24) is 24.9 Å². The summed E-state index contributed by atoms with van der Waals surface area (Å²) in [6.07, 6.45) is 3.92. The van der Waals surface area contributed by atoms with Crippen molar-refractivity contribution in [2.45, 2.75) is 53.2 Å². The lowest BCUT2D eigenvalue weighted by Crippen LogP contribution is -2.35. The van der Waals surface area contributed by atoms with E-state index in [9.17, 15) is 0 Å². The van der Waals surface area contributed by atoms with E-state index in [1.54, 1.807) is 0 Å². The first-order valence-electron chi connectivity index (χ1n) is 7.02. The largest absolute Gasteiger partial charge is 0.308 e. The lowest BCUT2D eigenvalue weighted by molar-refractivity contribution is 0.423. The third-order valence-corrected chi connectivity index (χ3v) is 3.42. The van der Waals surface area contributed by atoms with E-state index in [4.69, 9.17) is 0 Å². The third kappa shape index (κ3) is 3.48. The van der Waals surface area contributed by atoms with Gasteiger partial charge in [-0.2, -0.15) is 10.2 Å². The van der Waals surface area contributed by atoms with Gasteiger partial charge in [0, 0.05) is 42.1 Å². The molecule has 0 spiro atoms. The fourth-order valence-electron chi connectivity index (χ4n) is 2.22. The van der Waals surface area contributed by atoms with Crippen LogP contribution in [0.15, 0.2) is 12.4 Å². The molecule has 0 amide bonds. The Hall–Kier alpha value is -1.62. The van der Waals surface area contributed by atoms with Crippen molar-refractivity contribution < 1.29 is 0 Å². The van der Waals surface area contributed by atoms with Crippen molar-refractivity contribution in [2.24, 2.45) is 7.05 Å². The van der Waals surface area contributed by atoms with Crippen molar-refractivity contribution >= 4 is 0 Å². The van der Waals surface area contributed by atoms with Crippen molar-refractivity contribution in [2.75, 3.05) is 0 Å². The predicted molar refractivity (Wildman–Crippen MR) is 80.6 cm³/mol. The molecule has 0 saturated heterocycles. The summed E-state index contributed by atoms with van der Waals surface area (Å²) in [5.74, 6) is 0. The van der Waals surface area contributed by atoms with E-state index in [0.29, 0.717) is 0 Å². The smallest absolute Gasteiger partial charge is 0.0693 e. The predicted octanol–water partition coefficient (Wildman–Crippen LogP) is 2.17. The number of hydrogen-bond acceptors (Lipinski definition) is 3. The second-order valence-electron chi connectivity index (χ2n) is 6.43. The molecule has 2 aromatic heterocycles. The van der Waals surface area contributed by atoms with E-state index < -0.39 is 0 Å². The molecular weight excluding hydrogens is 250 g/mol. The van der Waals surface area contributed by atoms with Crippen LogP contribution in [0.2, 0.25) is 0 Å². The number of aryl methyl sites for hydroxylation is 2. The van der Waals surface area contributed by atoms with Gasteiger partial charge in [-0.1, -0.05) is 0 Å². The minimum atomic E-state index is 0.115. The van der Waals surface area contributed by atoms with E-state index in [1.165, 1.54) is 16.8 Å². The van der Waals surface area contributed by atoms with E-state index in [1.807, 2.05) is 24.1 Å². The van der Waals surface area contributed by atoms with Crippen LogP contribution in [0, 0.1) is 13.8 Å². The molecule has 2 rings (SSSR count). The molecule has 5 nitrogen and oxygen atoms in total. The summed E-state index contributed by atoms with van der Waals surface area (Å²) in [4.78, 5) is 0. The molecule has 0 aliphatic heterocycles. The van der Waals surface area contributed by atoms with Crippen LogP contribution in [-0.2, 0) is 20.1 Å². The van der Waals surface area contributed by atoms with Crippen molar-refractivity contribution in [3.05, 3.63) is 34.9 Å². The van der Waals surface area contributed by atoms with Crippen LogP contribution in [0.5, 0.6) is 0 Å². The summed E-state index contributed by atoms with van der Waals surface area (Å²) in [7, 11) is 1.93. The maximum atomic E-state index is 4.66. The molecule has 0 atom stereocenters. The van der Waals surface area contributed by atoms with Crippen LogP contribution in [0.3, 0.4) is 0 Å². The third-order valence-electron chi connectivity index (χ3n) is 3.42. The zero-order valence-electron chi connectivity index (χ0n) is 13.4. The minimum absolute atomic E-state index is 0.115. The van der Waals surface area contributed by atoms with Gasteiger partial charge in [0.25, 0.3) is 0 Å². The molecule has 2 heterocycles. The van der Waals surface area contributed by atoms with E-state index >= 15 is 0 Å². The zero-order chi connectivity index (χ0) is 14.9. The molecule has 110 valence electrons. The van der Waals surface area contributed by atoms with Gasteiger partial charge in [0.2, 0.25) is 0 Å². The molecule has 0 aliphatic rings. The standard InChI is InChI=1S/C15H25N5/c1-11-14(8-16-15(3,4)5)12(2)20(18-11)10-13-7-17-19(6)9-13/h7,9,16H,8,10H2,1-6H3. The number of aromatic nitrogens is 4. The second kappa shape index (κ2) is 5.40. The summed E-state index contributed by atoms with van der Waals surface area (Å²) in [5.41, 5.74) is 4.91. The van der Waals surface area contributed by atoms with Gasteiger partial charge in [0.05, 0.1) is 18.4 Å². The Morgan fingerprint density at radius 1 is 1.25 bits per heavy atom. The highest BCUT2D eigenvalue weighted by molar-refractivity contribution is 5.25. The monoisotopic (exact) mass is 275 g/mol. The number of hydrogen-bond donors (Lipinski definition) is 1. The second-order valence-corrected chi connectivity index (χ2v) is 6.43. The maximum Gasteiger partial charge on any atom is 0.0693 e. The Balaban J connectivity index is 2.16. The van der Waals surface area contributed by atoms with E-state index in [2.05, 4.69) is 54.8 Å². The number of nitrogens with zero attached hydrogens (tertiary/aromatic N) is 4. The maximum absolute atomic E-state index is 4.66. The van der Waals surface area contributed by atoms with Crippen LogP contribution >= 0.6 is 0 Å². The number of rotatable bonds is 4.